The molecule has 0 aromatic heterocycles. The third kappa shape index (κ3) is 5.94. The Balaban J connectivity index is 3.09. The summed E-state index contributed by atoms with van der Waals surface area (Å²) < 4.78 is 1.85. The first-order valence-corrected chi connectivity index (χ1v) is 2.98. The van der Waals surface area contributed by atoms with Gasteiger partial charge < -0.3 is 4.84 Å². The Labute approximate surface area is 56.4 Å². The summed E-state index contributed by atoms with van der Waals surface area (Å²) in [5.41, 5.74) is 0. The third-order valence-corrected chi connectivity index (χ3v) is 0.740. The van der Waals surface area contributed by atoms with E-state index in [4.69, 9.17) is 0 Å². The molecule has 0 radical (unpaired) electrons. The van der Waals surface area contributed by atoms with Crippen LogP contribution in [0.5, 0.6) is 0 Å². The van der Waals surface area contributed by atoms with Gasteiger partial charge in [-0.15, -0.1) is 0 Å². The smallest absolute Gasteiger partial charge is 0.106 e. The molecule has 0 heterocycles. The van der Waals surface area contributed by atoms with Crippen molar-refractivity contribution in [3.05, 3.63) is 10.2 Å². The number of allylic oxidation sites excluding steroid dienone is 1. The summed E-state index contributed by atoms with van der Waals surface area (Å²) >= 11 is 2.10. The molecule has 0 aliphatic heterocycles. The number of nitrogens with zero attached hydrogens (tertiary/aromatic N) is 1. The minimum Gasteiger partial charge on any atom is -0.399 e. The van der Waals surface area contributed by atoms with Crippen LogP contribution in [0.15, 0.2) is 15.3 Å². The van der Waals surface area contributed by atoms with Gasteiger partial charge >= 0.3 is 0 Å². The second-order valence-electron chi connectivity index (χ2n) is 0.755. The van der Waals surface area contributed by atoms with Gasteiger partial charge in [-0.1, -0.05) is 27.7 Å². The van der Waals surface area contributed by atoms with Gasteiger partial charge in [-0.05, 0) is 10.2 Å². The average Bonchev–Trinajstić information content (AvgIpc) is 1.69. The molecule has 40 valence electrons. The monoisotopic (exact) mass is 211 g/mol. The van der Waals surface area contributed by atoms with Crippen LogP contribution in [0.2, 0.25) is 0 Å². The summed E-state index contributed by atoms with van der Waals surface area (Å²) in [7, 11) is 1.51. The molecule has 0 saturated heterocycles. The van der Waals surface area contributed by atoms with Gasteiger partial charge in [0.15, 0.2) is 0 Å². The van der Waals surface area contributed by atoms with Crippen molar-refractivity contribution in [2.24, 2.45) is 5.16 Å². The van der Waals surface area contributed by atoms with Crippen LogP contribution in [-0.4, -0.2) is 13.3 Å². The molecule has 0 fully saturated rings. The molecule has 0 bridgehead atoms. The first-order valence-electron chi connectivity index (χ1n) is 1.73. The van der Waals surface area contributed by atoms with Crippen molar-refractivity contribution in [1.29, 1.82) is 0 Å². The van der Waals surface area contributed by atoms with E-state index in [0.29, 0.717) is 0 Å². The Morgan fingerprint density at radius 2 is 2.43 bits per heavy atom. The maximum atomic E-state index is 4.36. The Kier molecular flexibility index (Phi) is 5.89. The molecular weight excluding hydrogens is 205 g/mol. The Morgan fingerprint density at radius 1 is 1.71 bits per heavy atom. The van der Waals surface area contributed by atoms with E-state index in [2.05, 4.69) is 32.6 Å². The molecule has 0 aromatic carbocycles. The second-order valence-corrected chi connectivity index (χ2v) is 1.47. The van der Waals surface area contributed by atoms with E-state index in [-0.39, 0.29) is 0 Å². The van der Waals surface area contributed by atoms with Gasteiger partial charge in [0, 0.05) is 0 Å². The SMILES string of the molecule is CO/N=C/C=C/I. The topological polar surface area (TPSA) is 21.6 Å². The number of hydrogen-bond acceptors (Lipinski definition) is 2. The molecule has 0 spiro atoms. The lowest BCUT2D eigenvalue weighted by Gasteiger charge is -1.77. The van der Waals surface area contributed by atoms with Crippen molar-refractivity contribution < 1.29 is 4.84 Å². The van der Waals surface area contributed by atoms with Gasteiger partial charge in [0.05, 0.1) is 6.21 Å². The highest BCUT2D eigenvalue weighted by atomic mass is 127. The molecule has 0 aliphatic carbocycles. The van der Waals surface area contributed by atoms with Crippen LogP contribution in [0.4, 0.5) is 0 Å². The summed E-state index contributed by atoms with van der Waals surface area (Å²) in [5.74, 6) is 0. The zero-order valence-corrected chi connectivity index (χ0v) is 6.12. The van der Waals surface area contributed by atoms with E-state index < -0.39 is 0 Å². The Hall–Kier alpha value is -0.0600. The third-order valence-electron chi connectivity index (χ3n) is 0.325. The molecule has 0 atom stereocenters. The highest BCUT2D eigenvalue weighted by Gasteiger charge is 1.57. The van der Waals surface area contributed by atoms with Gasteiger partial charge in [0.2, 0.25) is 0 Å². The summed E-state index contributed by atoms with van der Waals surface area (Å²) in [4.78, 5) is 4.36. The van der Waals surface area contributed by atoms with E-state index in [0.717, 1.165) is 0 Å². The maximum absolute atomic E-state index is 4.36. The van der Waals surface area contributed by atoms with Crippen molar-refractivity contribution in [1.82, 2.24) is 0 Å². The van der Waals surface area contributed by atoms with Gasteiger partial charge in [-0.25, -0.2) is 0 Å². The number of oxime groups is 1. The van der Waals surface area contributed by atoms with Gasteiger partial charge in [-0.3, -0.25) is 0 Å². The van der Waals surface area contributed by atoms with Crippen molar-refractivity contribution in [3.63, 3.8) is 0 Å². The first kappa shape index (κ1) is 6.94. The van der Waals surface area contributed by atoms with E-state index in [1.807, 2.05) is 4.08 Å². The van der Waals surface area contributed by atoms with Gasteiger partial charge in [0.25, 0.3) is 0 Å². The second kappa shape index (κ2) is 5.94. The van der Waals surface area contributed by atoms with E-state index in [1.54, 1.807) is 12.3 Å². The predicted molar refractivity (Wildman–Crippen MR) is 38.7 cm³/mol. The largest absolute Gasteiger partial charge is 0.399 e. The van der Waals surface area contributed by atoms with Crippen LogP contribution in [0, 0.1) is 0 Å². The fraction of sp³-hybridized carbons (Fsp3) is 0.250. The molecule has 0 rings (SSSR count). The maximum Gasteiger partial charge on any atom is 0.106 e. The zero-order chi connectivity index (χ0) is 5.54. The number of rotatable bonds is 2. The summed E-state index contributed by atoms with van der Waals surface area (Å²) in [5, 5.41) is 3.44. The molecule has 2 nitrogen and oxygen atoms in total. The molecule has 0 unspecified atom stereocenters. The Bertz CT molecular complexity index is 79.8. The predicted octanol–water partition coefficient (Wildman–Crippen LogP) is 1.57. The normalized spacial score (nSPS) is 11.1. The summed E-state index contributed by atoms with van der Waals surface area (Å²) in [6.45, 7) is 0. The van der Waals surface area contributed by atoms with Crippen LogP contribution in [-0.2, 0) is 4.84 Å². The number of halogens is 1. The molecule has 0 aromatic rings. The highest BCUT2D eigenvalue weighted by molar-refractivity contribution is 14.1. The lowest BCUT2D eigenvalue weighted by molar-refractivity contribution is 0.215. The van der Waals surface area contributed by atoms with Crippen molar-refractivity contribution in [2.75, 3.05) is 7.11 Å². The van der Waals surface area contributed by atoms with E-state index in [9.17, 15) is 0 Å². The zero-order valence-electron chi connectivity index (χ0n) is 3.97. The van der Waals surface area contributed by atoms with E-state index >= 15 is 0 Å². The molecule has 0 N–H and O–H groups in total. The number of hydrogen-bond donors (Lipinski definition) is 0. The van der Waals surface area contributed by atoms with Crippen LogP contribution >= 0.6 is 22.6 Å². The van der Waals surface area contributed by atoms with Crippen molar-refractivity contribution in [2.45, 2.75) is 0 Å². The molecular formula is C4H6INO. The first-order chi connectivity index (χ1) is 3.41. The summed E-state index contributed by atoms with van der Waals surface area (Å²) in [6, 6.07) is 0. The minimum atomic E-state index is 1.51. The van der Waals surface area contributed by atoms with Crippen LogP contribution in [0.3, 0.4) is 0 Å². The van der Waals surface area contributed by atoms with Crippen molar-refractivity contribution >= 4 is 28.8 Å². The van der Waals surface area contributed by atoms with Crippen molar-refractivity contribution in [3.8, 4) is 0 Å². The van der Waals surface area contributed by atoms with Crippen LogP contribution < -0.4 is 0 Å². The molecule has 7 heavy (non-hydrogen) atoms. The Morgan fingerprint density at radius 3 is 2.86 bits per heavy atom. The highest BCUT2D eigenvalue weighted by Crippen LogP contribution is 1.79. The summed E-state index contributed by atoms with van der Waals surface area (Å²) in [6.07, 6.45) is 3.36. The van der Waals surface area contributed by atoms with Crippen LogP contribution in [0.25, 0.3) is 0 Å². The standard InChI is InChI=1S/C4H6INO/c1-7-6-4-2-3-5/h2-4H,1H3/b3-2+,6-4+. The fourth-order valence-electron chi connectivity index (χ4n) is 0.129. The van der Waals surface area contributed by atoms with E-state index in [1.165, 1.54) is 7.11 Å². The molecule has 0 saturated carbocycles. The fourth-order valence-corrected chi connectivity index (χ4v) is 0.314. The molecule has 0 amide bonds. The lowest BCUT2D eigenvalue weighted by atomic mass is 10.7. The molecule has 3 heteroatoms. The van der Waals surface area contributed by atoms with Gasteiger partial charge in [-0.2, -0.15) is 0 Å². The quantitative estimate of drug-likeness (QED) is 0.386. The lowest BCUT2D eigenvalue weighted by Crippen LogP contribution is -1.65. The minimum absolute atomic E-state index is 1.51. The molecule has 0 aliphatic rings. The average molecular weight is 211 g/mol. The van der Waals surface area contributed by atoms with Gasteiger partial charge in [0.1, 0.15) is 7.11 Å². The van der Waals surface area contributed by atoms with Crippen LogP contribution in [0.1, 0.15) is 0 Å².